The molecule has 1 aromatic heterocycles. The average Bonchev–Trinajstić information content (AvgIpc) is 3.30. The topological polar surface area (TPSA) is 65.0 Å². The molecule has 7 heteroatoms. The van der Waals surface area contributed by atoms with Gasteiger partial charge in [-0.05, 0) is 37.8 Å². The fourth-order valence-corrected chi connectivity index (χ4v) is 3.75. The molecule has 1 aliphatic rings. The predicted octanol–water partition coefficient (Wildman–Crippen LogP) is 3.87. The molecule has 1 unspecified atom stereocenters. The maximum Gasteiger partial charge on any atom is 0.318 e. The predicted molar refractivity (Wildman–Crippen MR) is 112 cm³/mol. The number of hydrogen-bond acceptors (Lipinski definition) is 4. The van der Waals surface area contributed by atoms with Crippen LogP contribution in [0.2, 0.25) is 0 Å². The molecule has 6 nitrogen and oxygen atoms in total. The van der Waals surface area contributed by atoms with Gasteiger partial charge in [-0.25, -0.2) is 9.80 Å². The van der Waals surface area contributed by atoms with Crippen LogP contribution < -0.4 is 5.32 Å². The second-order valence-electron chi connectivity index (χ2n) is 7.93. The van der Waals surface area contributed by atoms with Crippen molar-refractivity contribution in [2.24, 2.45) is 5.10 Å². The van der Waals surface area contributed by atoms with Gasteiger partial charge in [-0.15, -0.1) is 11.3 Å². The fraction of sp³-hybridized carbons (Fsp3) is 0.381. The van der Waals surface area contributed by atoms with Gasteiger partial charge in [-0.2, -0.15) is 5.10 Å². The minimum absolute atomic E-state index is 0.0353. The second-order valence-corrected chi connectivity index (χ2v) is 8.88. The van der Waals surface area contributed by atoms with Crippen LogP contribution in [0.3, 0.4) is 0 Å². The highest BCUT2D eigenvalue weighted by Gasteiger charge is 2.34. The quantitative estimate of drug-likeness (QED) is 0.850. The molecule has 1 aromatic carbocycles. The summed E-state index contributed by atoms with van der Waals surface area (Å²) in [5.41, 5.74) is 1.57. The maximum absolute atomic E-state index is 13.0. The molecule has 0 saturated heterocycles. The van der Waals surface area contributed by atoms with E-state index in [-0.39, 0.29) is 30.1 Å². The molecule has 0 spiro atoms. The zero-order chi connectivity index (χ0) is 20.3. The van der Waals surface area contributed by atoms with E-state index < -0.39 is 0 Å². The van der Waals surface area contributed by atoms with Crippen LogP contribution in [-0.4, -0.2) is 46.7 Å². The number of likely N-dealkylation sites (N-methyl/N-ethyl adjacent to an activating group) is 1. The van der Waals surface area contributed by atoms with Gasteiger partial charge >= 0.3 is 6.03 Å². The molecule has 3 rings (SSSR count). The molecule has 0 aliphatic carbocycles. The van der Waals surface area contributed by atoms with Crippen molar-refractivity contribution in [2.45, 2.75) is 38.8 Å². The highest BCUT2D eigenvalue weighted by Crippen LogP contribution is 2.33. The molecular formula is C21H26N4O2S. The monoisotopic (exact) mass is 398 g/mol. The van der Waals surface area contributed by atoms with Gasteiger partial charge in [-0.1, -0.05) is 36.4 Å². The Morgan fingerprint density at radius 2 is 1.93 bits per heavy atom. The number of carbonyl (C=O) groups is 2. The van der Waals surface area contributed by atoms with Gasteiger partial charge in [0.15, 0.2) is 0 Å². The Balaban J connectivity index is 1.79. The third kappa shape index (κ3) is 4.78. The highest BCUT2D eigenvalue weighted by atomic mass is 32.1. The van der Waals surface area contributed by atoms with Crippen LogP contribution >= 0.6 is 11.3 Å². The first-order chi connectivity index (χ1) is 13.2. The Morgan fingerprint density at radius 3 is 2.54 bits per heavy atom. The van der Waals surface area contributed by atoms with Crippen molar-refractivity contribution in [1.82, 2.24) is 15.2 Å². The first kappa shape index (κ1) is 20.1. The normalized spacial score (nSPS) is 16.6. The largest absolute Gasteiger partial charge is 0.333 e. The van der Waals surface area contributed by atoms with Crippen LogP contribution in [0.15, 0.2) is 52.9 Å². The van der Waals surface area contributed by atoms with Gasteiger partial charge in [0.1, 0.15) is 6.54 Å². The number of amides is 3. The van der Waals surface area contributed by atoms with E-state index in [4.69, 9.17) is 0 Å². The first-order valence-corrected chi connectivity index (χ1v) is 10.1. The number of hydrazone groups is 1. The minimum atomic E-state index is -0.362. The zero-order valence-corrected chi connectivity index (χ0v) is 17.5. The van der Waals surface area contributed by atoms with Gasteiger partial charge in [0.25, 0.3) is 5.91 Å². The highest BCUT2D eigenvalue weighted by molar-refractivity contribution is 7.12. The molecule has 2 aromatic rings. The van der Waals surface area contributed by atoms with Crippen molar-refractivity contribution in [3.05, 3.63) is 58.3 Å². The third-order valence-corrected chi connectivity index (χ3v) is 5.28. The van der Waals surface area contributed by atoms with Crippen molar-refractivity contribution >= 4 is 29.0 Å². The van der Waals surface area contributed by atoms with Crippen LogP contribution in [0.1, 0.15) is 43.7 Å². The van der Waals surface area contributed by atoms with Crippen molar-refractivity contribution < 1.29 is 9.59 Å². The number of benzene rings is 1. The summed E-state index contributed by atoms with van der Waals surface area (Å²) in [6.45, 7) is 5.69. The summed E-state index contributed by atoms with van der Waals surface area (Å²) < 4.78 is 0. The molecule has 0 saturated carbocycles. The molecule has 0 fully saturated rings. The average molecular weight is 399 g/mol. The molecule has 28 heavy (non-hydrogen) atoms. The molecular weight excluding hydrogens is 372 g/mol. The van der Waals surface area contributed by atoms with Gasteiger partial charge in [0.05, 0.1) is 16.6 Å². The lowest BCUT2D eigenvalue weighted by Gasteiger charge is -2.27. The Hall–Kier alpha value is -2.67. The third-order valence-electron chi connectivity index (χ3n) is 4.36. The van der Waals surface area contributed by atoms with Gasteiger partial charge in [0, 0.05) is 19.0 Å². The van der Waals surface area contributed by atoms with E-state index in [9.17, 15) is 9.59 Å². The zero-order valence-electron chi connectivity index (χ0n) is 16.7. The van der Waals surface area contributed by atoms with Gasteiger partial charge < -0.3 is 10.2 Å². The van der Waals surface area contributed by atoms with Crippen LogP contribution in [0.5, 0.6) is 0 Å². The molecule has 0 radical (unpaired) electrons. The van der Waals surface area contributed by atoms with E-state index in [0.29, 0.717) is 6.42 Å². The Kier molecular flexibility index (Phi) is 5.84. The van der Waals surface area contributed by atoms with E-state index >= 15 is 0 Å². The Bertz CT molecular complexity index is 856. The number of thiophene rings is 1. The smallest absolute Gasteiger partial charge is 0.318 e. The summed E-state index contributed by atoms with van der Waals surface area (Å²) in [5, 5.41) is 11.0. The molecule has 2 heterocycles. The number of rotatable bonds is 4. The second kappa shape index (κ2) is 8.14. The summed E-state index contributed by atoms with van der Waals surface area (Å²) in [6.07, 6.45) is 0.661. The summed E-state index contributed by atoms with van der Waals surface area (Å²) in [5.74, 6) is -0.202. The summed E-state index contributed by atoms with van der Waals surface area (Å²) >= 11 is 1.61. The minimum Gasteiger partial charge on any atom is -0.333 e. The number of nitrogens with one attached hydrogen (secondary N) is 1. The van der Waals surface area contributed by atoms with Crippen molar-refractivity contribution in [3.8, 4) is 0 Å². The standard InChI is InChI=1S/C21H26N4O2S/c1-21(2,3)22-20(27)24(4)14-19(26)25-17(15-9-6-5-7-10-15)13-16(23-25)18-11-8-12-28-18/h5-12,17H,13-14H2,1-4H3,(H,22,27). The van der Waals surface area contributed by atoms with E-state index in [1.165, 1.54) is 9.91 Å². The molecule has 3 amide bonds. The molecule has 148 valence electrons. The van der Waals surface area contributed by atoms with Gasteiger partial charge in [0.2, 0.25) is 0 Å². The molecule has 0 bridgehead atoms. The summed E-state index contributed by atoms with van der Waals surface area (Å²) in [4.78, 5) is 27.8. The lowest BCUT2D eigenvalue weighted by Crippen LogP contribution is -2.49. The summed E-state index contributed by atoms with van der Waals surface area (Å²) in [7, 11) is 1.62. The van der Waals surface area contributed by atoms with Crippen molar-refractivity contribution in [1.29, 1.82) is 0 Å². The maximum atomic E-state index is 13.0. The van der Waals surface area contributed by atoms with Crippen LogP contribution in [0.4, 0.5) is 4.79 Å². The number of carbonyl (C=O) groups excluding carboxylic acids is 2. The van der Waals surface area contributed by atoms with Crippen LogP contribution in [0.25, 0.3) is 0 Å². The van der Waals surface area contributed by atoms with E-state index in [1.54, 1.807) is 18.4 Å². The number of urea groups is 1. The Morgan fingerprint density at radius 1 is 1.21 bits per heavy atom. The lowest BCUT2D eigenvalue weighted by molar-refractivity contribution is -0.133. The lowest BCUT2D eigenvalue weighted by atomic mass is 10.0. The number of hydrogen-bond donors (Lipinski definition) is 1. The van der Waals surface area contributed by atoms with Crippen molar-refractivity contribution in [2.75, 3.05) is 13.6 Å². The Labute approximate surface area is 169 Å². The SMILES string of the molecule is CN(CC(=O)N1N=C(c2cccs2)CC1c1ccccc1)C(=O)NC(C)(C)C. The summed E-state index contributed by atoms with van der Waals surface area (Å²) in [6, 6.07) is 13.5. The van der Waals surface area contributed by atoms with E-state index in [0.717, 1.165) is 16.2 Å². The molecule has 1 atom stereocenters. The van der Waals surface area contributed by atoms with E-state index in [1.807, 2.05) is 68.6 Å². The molecule has 1 aliphatic heterocycles. The van der Waals surface area contributed by atoms with Crippen molar-refractivity contribution in [3.63, 3.8) is 0 Å². The first-order valence-electron chi connectivity index (χ1n) is 9.26. The van der Waals surface area contributed by atoms with E-state index in [2.05, 4.69) is 10.4 Å². The molecule has 1 N–H and O–H groups in total. The van der Waals surface area contributed by atoms with Crippen LogP contribution in [-0.2, 0) is 4.79 Å². The number of nitrogens with zero attached hydrogens (tertiary/aromatic N) is 3. The fourth-order valence-electron chi connectivity index (χ4n) is 3.03. The van der Waals surface area contributed by atoms with Gasteiger partial charge in [-0.3, -0.25) is 4.79 Å². The van der Waals surface area contributed by atoms with Crippen LogP contribution in [0, 0.1) is 0 Å².